The van der Waals surface area contributed by atoms with E-state index in [1.54, 1.807) is 11.1 Å². The number of carbonyl (C=O) groups is 1. The van der Waals surface area contributed by atoms with Crippen LogP contribution in [0.4, 0.5) is 10.6 Å². The van der Waals surface area contributed by atoms with Crippen molar-refractivity contribution in [3.05, 3.63) is 24.4 Å². The van der Waals surface area contributed by atoms with Crippen LogP contribution in [0.15, 0.2) is 24.4 Å². The highest BCUT2D eigenvalue weighted by atomic mass is 16.3. The van der Waals surface area contributed by atoms with Crippen molar-refractivity contribution < 1.29 is 9.90 Å². The standard InChI is InChI=1S/C16H26N4O2/c1-2-3-9-19(11-12-21)16(22)18-14-7-10-20(13-14)15-6-4-5-8-17-15/h4-6,8,14,21H,2-3,7,9-13H2,1H3,(H,18,22). The first-order valence-electron chi connectivity index (χ1n) is 8.07. The first-order chi connectivity index (χ1) is 10.7. The van der Waals surface area contributed by atoms with E-state index in [0.717, 1.165) is 38.2 Å². The lowest BCUT2D eigenvalue weighted by molar-refractivity contribution is 0.173. The smallest absolute Gasteiger partial charge is 0.317 e. The van der Waals surface area contributed by atoms with Gasteiger partial charge < -0.3 is 20.2 Å². The van der Waals surface area contributed by atoms with Crippen molar-refractivity contribution in [2.45, 2.75) is 32.2 Å². The number of carbonyl (C=O) groups excluding carboxylic acids is 1. The Labute approximate surface area is 132 Å². The number of amides is 2. The lowest BCUT2D eigenvalue weighted by atomic mass is 10.2. The van der Waals surface area contributed by atoms with Crippen LogP contribution in [-0.2, 0) is 0 Å². The molecule has 1 atom stereocenters. The van der Waals surface area contributed by atoms with E-state index < -0.39 is 0 Å². The molecule has 1 unspecified atom stereocenters. The Kier molecular flexibility index (Phi) is 6.45. The molecule has 2 N–H and O–H groups in total. The predicted molar refractivity (Wildman–Crippen MR) is 87.0 cm³/mol. The minimum Gasteiger partial charge on any atom is -0.395 e. The van der Waals surface area contributed by atoms with E-state index in [1.807, 2.05) is 18.2 Å². The Morgan fingerprint density at radius 3 is 3.05 bits per heavy atom. The summed E-state index contributed by atoms with van der Waals surface area (Å²) in [7, 11) is 0. The van der Waals surface area contributed by atoms with Crippen molar-refractivity contribution in [3.63, 3.8) is 0 Å². The number of nitrogens with zero attached hydrogens (tertiary/aromatic N) is 3. The Bertz CT molecular complexity index is 455. The molecular weight excluding hydrogens is 280 g/mol. The molecule has 122 valence electrons. The fourth-order valence-corrected chi connectivity index (χ4v) is 2.68. The van der Waals surface area contributed by atoms with Crippen molar-refractivity contribution in [2.24, 2.45) is 0 Å². The molecule has 1 aromatic heterocycles. The maximum Gasteiger partial charge on any atom is 0.317 e. The van der Waals surface area contributed by atoms with Gasteiger partial charge in [-0.3, -0.25) is 0 Å². The fourth-order valence-electron chi connectivity index (χ4n) is 2.68. The Morgan fingerprint density at radius 1 is 1.50 bits per heavy atom. The predicted octanol–water partition coefficient (Wildman–Crippen LogP) is 1.46. The number of aromatic nitrogens is 1. The van der Waals surface area contributed by atoms with E-state index in [1.165, 1.54) is 0 Å². The minimum atomic E-state index is -0.0737. The molecule has 6 nitrogen and oxygen atoms in total. The van der Waals surface area contributed by atoms with Crippen LogP contribution in [0.2, 0.25) is 0 Å². The molecule has 2 rings (SSSR count). The summed E-state index contributed by atoms with van der Waals surface area (Å²) in [6, 6.07) is 5.93. The number of rotatable bonds is 7. The molecule has 1 fully saturated rings. The topological polar surface area (TPSA) is 68.7 Å². The molecule has 0 spiro atoms. The summed E-state index contributed by atoms with van der Waals surface area (Å²) in [5.41, 5.74) is 0. The second-order valence-corrected chi connectivity index (χ2v) is 5.63. The first kappa shape index (κ1) is 16.5. The van der Waals surface area contributed by atoms with Gasteiger partial charge in [0.15, 0.2) is 0 Å². The number of pyridine rings is 1. The van der Waals surface area contributed by atoms with Gasteiger partial charge in [0.25, 0.3) is 0 Å². The largest absolute Gasteiger partial charge is 0.395 e. The zero-order chi connectivity index (χ0) is 15.8. The van der Waals surface area contributed by atoms with Gasteiger partial charge in [-0.25, -0.2) is 9.78 Å². The second-order valence-electron chi connectivity index (χ2n) is 5.63. The Hall–Kier alpha value is -1.82. The van der Waals surface area contributed by atoms with E-state index in [2.05, 4.69) is 22.1 Å². The van der Waals surface area contributed by atoms with Crippen LogP contribution in [0.1, 0.15) is 26.2 Å². The quantitative estimate of drug-likeness (QED) is 0.800. The third kappa shape index (κ3) is 4.59. The molecular formula is C16H26N4O2. The van der Waals surface area contributed by atoms with Crippen molar-refractivity contribution in [1.29, 1.82) is 0 Å². The van der Waals surface area contributed by atoms with Crippen molar-refractivity contribution >= 4 is 11.8 Å². The van der Waals surface area contributed by atoms with Gasteiger partial charge in [0.05, 0.1) is 6.61 Å². The minimum absolute atomic E-state index is 0.00185. The average Bonchev–Trinajstić information content (AvgIpc) is 3.00. The van der Waals surface area contributed by atoms with Gasteiger partial charge in [-0.2, -0.15) is 0 Å². The number of nitrogens with one attached hydrogen (secondary N) is 1. The van der Waals surface area contributed by atoms with Gasteiger partial charge in [0, 0.05) is 38.4 Å². The SMILES string of the molecule is CCCCN(CCO)C(=O)NC1CCN(c2ccccn2)C1. The van der Waals surface area contributed by atoms with Crippen LogP contribution in [0.3, 0.4) is 0 Å². The summed E-state index contributed by atoms with van der Waals surface area (Å²) >= 11 is 0. The molecule has 0 radical (unpaired) electrons. The van der Waals surface area contributed by atoms with Gasteiger partial charge in [0.2, 0.25) is 0 Å². The summed E-state index contributed by atoms with van der Waals surface area (Å²) in [6.07, 6.45) is 4.70. The Balaban J connectivity index is 1.84. The van der Waals surface area contributed by atoms with E-state index in [4.69, 9.17) is 5.11 Å². The normalized spacial score (nSPS) is 17.5. The molecule has 1 saturated heterocycles. The van der Waals surface area contributed by atoms with Crippen molar-refractivity contribution in [1.82, 2.24) is 15.2 Å². The summed E-state index contributed by atoms with van der Waals surface area (Å²) in [4.78, 5) is 20.5. The van der Waals surface area contributed by atoms with Gasteiger partial charge in [-0.1, -0.05) is 19.4 Å². The van der Waals surface area contributed by atoms with Crippen LogP contribution in [0.25, 0.3) is 0 Å². The lowest BCUT2D eigenvalue weighted by Gasteiger charge is -2.24. The third-order valence-electron chi connectivity index (χ3n) is 3.93. The first-order valence-corrected chi connectivity index (χ1v) is 8.07. The number of hydrogen-bond donors (Lipinski definition) is 2. The average molecular weight is 306 g/mol. The molecule has 0 aliphatic carbocycles. The van der Waals surface area contributed by atoms with Crippen molar-refractivity contribution in [3.8, 4) is 0 Å². The molecule has 1 aliphatic heterocycles. The maximum absolute atomic E-state index is 12.3. The summed E-state index contributed by atoms with van der Waals surface area (Å²) in [5.74, 6) is 0.956. The van der Waals surface area contributed by atoms with E-state index >= 15 is 0 Å². The zero-order valence-corrected chi connectivity index (χ0v) is 13.2. The fraction of sp³-hybridized carbons (Fsp3) is 0.625. The van der Waals surface area contributed by atoms with Gasteiger partial charge in [-0.05, 0) is 25.0 Å². The molecule has 1 aromatic rings. The highest BCUT2D eigenvalue weighted by Gasteiger charge is 2.26. The number of urea groups is 1. The molecule has 2 amide bonds. The summed E-state index contributed by atoms with van der Waals surface area (Å²) in [5, 5.41) is 12.2. The zero-order valence-electron chi connectivity index (χ0n) is 13.2. The molecule has 6 heteroatoms. The number of aliphatic hydroxyl groups is 1. The van der Waals surface area contributed by atoms with Crippen LogP contribution >= 0.6 is 0 Å². The lowest BCUT2D eigenvalue weighted by Crippen LogP contribution is -2.47. The van der Waals surface area contributed by atoms with Crippen LogP contribution in [0, 0.1) is 0 Å². The van der Waals surface area contributed by atoms with Crippen LogP contribution in [-0.4, -0.2) is 59.8 Å². The van der Waals surface area contributed by atoms with E-state index in [0.29, 0.717) is 13.1 Å². The number of unbranched alkanes of at least 4 members (excludes halogenated alkanes) is 1. The Morgan fingerprint density at radius 2 is 2.36 bits per heavy atom. The highest BCUT2D eigenvalue weighted by Crippen LogP contribution is 2.17. The third-order valence-corrected chi connectivity index (χ3v) is 3.93. The number of hydrogen-bond acceptors (Lipinski definition) is 4. The summed E-state index contributed by atoms with van der Waals surface area (Å²) in [6.45, 7) is 4.86. The molecule has 2 heterocycles. The van der Waals surface area contributed by atoms with Crippen LogP contribution < -0.4 is 10.2 Å². The highest BCUT2D eigenvalue weighted by molar-refractivity contribution is 5.74. The van der Waals surface area contributed by atoms with Gasteiger partial charge in [0.1, 0.15) is 5.82 Å². The number of aliphatic hydroxyl groups excluding tert-OH is 1. The monoisotopic (exact) mass is 306 g/mol. The molecule has 1 aliphatic rings. The van der Waals surface area contributed by atoms with Gasteiger partial charge >= 0.3 is 6.03 Å². The van der Waals surface area contributed by atoms with Crippen molar-refractivity contribution in [2.75, 3.05) is 37.7 Å². The van der Waals surface area contributed by atoms with E-state index in [-0.39, 0.29) is 18.7 Å². The number of anilines is 1. The molecule has 0 bridgehead atoms. The molecule has 22 heavy (non-hydrogen) atoms. The van der Waals surface area contributed by atoms with Gasteiger partial charge in [-0.15, -0.1) is 0 Å². The van der Waals surface area contributed by atoms with Crippen LogP contribution in [0.5, 0.6) is 0 Å². The second kappa shape index (κ2) is 8.58. The maximum atomic E-state index is 12.3. The van der Waals surface area contributed by atoms with E-state index in [9.17, 15) is 4.79 Å². The molecule has 0 saturated carbocycles. The summed E-state index contributed by atoms with van der Waals surface area (Å²) < 4.78 is 0. The molecule has 0 aromatic carbocycles.